The van der Waals surface area contributed by atoms with Crippen molar-refractivity contribution in [3.05, 3.63) is 47.5 Å². The molecule has 1 aromatic carbocycles. The van der Waals surface area contributed by atoms with E-state index in [4.69, 9.17) is 4.74 Å². The number of hydrogen-bond acceptors (Lipinski definition) is 3. The van der Waals surface area contributed by atoms with E-state index in [9.17, 15) is 9.59 Å². The topological polar surface area (TPSA) is 43.4 Å². The average Bonchev–Trinajstić information content (AvgIpc) is 2.59. The summed E-state index contributed by atoms with van der Waals surface area (Å²) in [4.78, 5) is 26.1. The fourth-order valence-corrected chi connectivity index (χ4v) is 3.63. The smallest absolute Gasteiger partial charge is 0.196 e. The molecular formula is C19H24O3. The van der Waals surface area contributed by atoms with Gasteiger partial charge in [0.15, 0.2) is 11.6 Å². The summed E-state index contributed by atoms with van der Waals surface area (Å²) in [6.07, 6.45) is 2.36. The zero-order valence-electron chi connectivity index (χ0n) is 13.6. The molecule has 0 bridgehead atoms. The fourth-order valence-electron chi connectivity index (χ4n) is 3.63. The van der Waals surface area contributed by atoms with Crippen LogP contribution in [-0.4, -0.2) is 24.8 Å². The van der Waals surface area contributed by atoms with Gasteiger partial charge in [0.25, 0.3) is 0 Å². The van der Waals surface area contributed by atoms with Crippen LogP contribution < -0.4 is 0 Å². The Morgan fingerprint density at radius 3 is 2.14 bits per heavy atom. The first-order chi connectivity index (χ1) is 10.5. The number of benzene rings is 1. The van der Waals surface area contributed by atoms with E-state index < -0.39 is 11.5 Å². The van der Waals surface area contributed by atoms with Gasteiger partial charge in [-0.1, -0.05) is 57.5 Å². The predicted octanol–water partition coefficient (Wildman–Crippen LogP) is 4.22. The molecule has 0 saturated heterocycles. The van der Waals surface area contributed by atoms with Crippen LogP contribution in [0.25, 0.3) is 0 Å². The third kappa shape index (κ3) is 2.44. The van der Waals surface area contributed by atoms with Gasteiger partial charge in [0.2, 0.25) is 0 Å². The maximum absolute atomic E-state index is 13.3. The quantitative estimate of drug-likeness (QED) is 0.604. The molecule has 0 heterocycles. The first kappa shape index (κ1) is 16.6. The van der Waals surface area contributed by atoms with Gasteiger partial charge >= 0.3 is 0 Å². The molecule has 0 amide bonds. The second kappa shape index (κ2) is 6.57. The van der Waals surface area contributed by atoms with Crippen molar-refractivity contribution in [2.24, 2.45) is 5.41 Å². The molecule has 0 spiro atoms. The molecule has 118 valence electrons. The lowest BCUT2D eigenvalue weighted by molar-refractivity contribution is 0.0604. The maximum atomic E-state index is 13.3. The average molecular weight is 300 g/mol. The van der Waals surface area contributed by atoms with E-state index in [0.717, 1.165) is 12.8 Å². The molecule has 0 N–H and O–H groups in total. The summed E-state index contributed by atoms with van der Waals surface area (Å²) in [5.41, 5.74) is 0.876. The first-order valence-electron chi connectivity index (χ1n) is 7.93. The van der Waals surface area contributed by atoms with E-state index in [2.05, 4.69) is 20.4 Å². The van der Waals surface area contributed by atoms with E-state index in [-0.39, 0.29) is 11.6 Å². The van der Waals surface area contributed by atoms with Crippen LogP contribution in [0.3, 0.4) is 0 Å². The number of rotatable bonds is 5. The third-order valence-electron chi connectivity index (χ3n) is 4.63. The Balaban J connectivity index is 2.71. The van der Waals surface area contributed by atoms with Crippen LogP contribution >= 0.6 is 0 Å². The van der Waals surface area contributed by atoms with Crippen molar-refractivity contribution in [3.63, 3.8) is 0 Å². The largest absolute Gasteiger partial charge is 0.369 e. The van der Waals surface area contributed by atoms with Gasteiger partial charge in [-0.25, -0.2) is 0 Å². The molecule has 0 radical (unpaired) electrons. The molecule has 0 aliphatic heterocycles. The molecule has 0 fully saturated rings. The van der Waals surface area contributed by atoms with Gasteiger partial charge in [0, 0.05) is 18.2 Å². The minimum atomic E-state index is -0.745. The number of hydrogen-bond donors (Lipinski definition) is 0. The predicted molar refractivity (Wildman–Crippen MR) is 87.3 cm³/mol. The summed E-state index contributed by atoms with van der Waals surface area (Å²) in [5.74, 6) is -0.143. The van der Waals surface area contributed by atoms with Crippen LogP contribution in [0.15, 0.2) is 36.4 Å². The summed E-state index contributed by atoms with van der Waals surface area (Å²) in [6, 6.07) is 7.05. The second-order valence-corrected chi connectivity index (χ2v) is 5.96. The van der Waals surface area contributed by atoms with Crippen LogP contribution in [0.1, 0.15) is 60.2 Å². The fraction of sp³-hybridized carbons (Fsp3) is 0.474. The molecule has 0 saturated carbocycles. The monoisotopic (exact) mass is 300 g/mol. The molecule has 2 rings (SSSR count). The highest BCUT2D eigenvalue weighted by Crippen LogP contribution is 2.45. The number of ether oxygens (including phenoxy) is 1. The number of methoxy groups -OCH3 is 1. The number of fused-ring (bicyclic) bond motifs is 1. The highest BCUT2D eigenvalue weighted by molar-refractivity contribution is 6.16. The molecule has 1 unspecified atom stereocenters. The molecular weight excluding hydrogens is 276 g/mol. The summed E-state index contributed by atoms with van der Waals surface area (Å²) < 4.78 is 5.45. The highest BCUT2D eigenvalue weighted by atomic mass is 16.5. The normalized spacial score (nSPS) is 20.7. The van der Waals surface area contributed by atoms with Gasteiger partial charge < -0.3 is 4.74 Å². The van der Waals surface area contributed by atoms with E-state index in [1.807, 2.05) is 6.07 Å². The van der Waals surface area contributed by atoms with E-state index >= 15 is 0 Å². The van der Waals surface area contributed by atoms with Crippen molar-refractivity contribution in [3.8, 4) is 0 Å². The van der Waals surface area contributed by atoms with Crippen LogP contribution in [0.2, 0.25) is 0 Å². The lowest BCUT2D eigenvalue weighted by Crippen LogP contribution is -2.37. The molecule has 1 aliphatic carbocycles. The summed E-state index contributed by atoms with van der Waals surface area (Å²) in [5, 5.41) is 0. The van der Waals surface area contributed by atoms with E-state index in [1.54, 1.807) is 18.2 Å². The van der Waals surface area contributed by atoms with Gasteiger partial charge in [-0.05, 0) is 18.4 Å². The Morgan fingerprint density at radius 1 is 1.09 bits per heavy atom. The minimum Gasteiger partial charge on any atom is -0.369 e. The summed E-state index contributed by atoms with van der Waals surface area (Å²) in [6.45, 7) is 8.24. The molecule has 1 atom stereocenters. The van der Waals surface area contributed by atoms with Gasteiger partial charge in [-0.3, -0.25) is 9.59 Å². The number of Topliss-reactive ketones (excluding diaryl/α,β-unsaturated/α-hetero) is 2. The zero-order chi connectivity index (χ0) is 16.3. The number of ketones is 2. The van der Waals surface area contributed by atoms with Gasteiger partial charge in [0.05, 0.1) is 5.41 Å². The van der Waals surface area contributed by atoms with Gasteiger partial charge in [0.1, 0.15) is 6.10 Å². The molecule has 3 nitrogen and oxygen atoms in total. The summed E-state index contributed by atoms with van der Waals surface area (Å²) in [7, 11) is 1.51. The van der Waals surface area contributed by atoms with Crippen molar-refractivity contribution in [1.82, 2.24) is 0 Å². The molecule has 22 heavy (non-hydrogen) atoms. The van der Waals surface area contributed by atoms with Crippen molar-refractivity contribution in [2.45, 2.75) is 45.6 Å². The first-order valence-corrected chi connectivity index (χ1v) is 7.93. The van der Waals surface area contributed by atoms with Crippen molar-refractivity contribution < 1.29 is 14.3 Å². The van der Waals surface area contributed by atoms with Crippen molar-refractivity contribution >= 4 is 11.6 Å². The Morgan fingerprint density at radius 2 is 1.64 bits per heavy atom. The Labute approximate surface area is 132 Å². The molecule has 1 aliphatic rings. The molecule has 0 aromatic heterocycles. The molecule has 1 aromatic rings. The van der Waals surface area contributed by atoms with Crippen LogP contribution in [0.4, 0.5) is 0 Å². The highest BCUT2D eigenvalue weighted by Gasteiger charge is 2.48. The maximum Gasteiger partial charge on any atom is 0.196 e. The number of carbonyl (C=O) groups excluding carboxylic acids is 2. The van der Waals surface area contributed by atoms with Crippen LogP contribution in [0, 0.1) is 5.41 Å². The SMILES string of the molecule is C=C1C(OC)C(=O)c2ccccc2C(=O)C1(CCC)CCC. The second-order valence-electron chi connectivity index (χ2n) is 5.96. The summed E-state index contributed by atoms with van der Waals surface area (Å²) >= 11 is 0. The lowest BCUT2D eigenvalue weighted by Gasteiger charge is -2.35. The molecule has 3 heteroatoms. The Hall–Kier alpha value is -1.74. The standard InChI is InChI=1S/C19H24O3/c1-5-11-19(12-6-2)13(3)17(22-4)16(20)14-9-7-8-10-15(14)18(19)21/h7-10,17H,3,5-6,11-12H2,1-2,4H3. The lowest BCUT2D eigenvalue weighted by atomic mass is 9.68. The zero-order valence-corrected chi connectivity index (χ0v) is 13.6. The van der Waals surface area contributed by atoms with Crippen molar-refractivity contribution in [1.29, 1.82) is 0 Å². The van der Waals surface area contributed by atoms with E-state index in [0.29, 0.717) is 29.5 Å². The minimum absolute atomic E-state index is 0.0182. The Bertz CT molecular complexity index is 594. The van der Waals surface area contributed by atoms with E-state index in [1.165, 1.54) is 7.11 Å². The van der Waals surface area contributed by atoms with Crippen LogP contribution in [-0.2, 0) is 4.74 Å². The Kier molecular flexibility index (Phi) is 4.97. The van der Waals surface area contributed by atoms with Gasteiger partial charge in [-0.2, -0.15) is 0 Å². The van der Waals surface area contributed by atoms with Crippen LogP contribution in [0.5, 0.6) is 0 Å². The van der Waals surface area contributed by atoms with Gasteiger partial charge in [-0.15, -0.1) is 0 Å². The third-order valence-corrected chi connectivity index (χ3v) is 4.63. The number of carbonyl (C=O) groups is 2. The van der Waals surface area contributed by atoms with Crippen molar-refractivity contribution in [2.75, 3.05) is 7.11 Å².